The number of carbonyl (C=O) groups excluding carboxylic acids is 1. The predicted molar refractivity (Wildman–Crippen MR) is 132 cm³/mol. The summed E-state index contributed by atoms with van der Waals surface area (Å²) in [6, 6.07) is 20.8. The Balaban J connectivity index is 1.52. The molecule has 3 aromatic heterocycles. The molecule has 0 saturated carbocycles. The molecular formula is C26H24N6O3. The van der Waals surface area contributed by atoms with Gasteiger partial charge in [-0.3, -0.25) is 9.59 Å². The lowest BCUT2D eigenvalue weighted by atomic mass is 10.2. The summed E-state index contributed by atoms with van der Waals surface area (Å²) in [6.07, 6.45) is 3.71. The van der Waals surface area contributed by atoms with Gasteiger partial charge in [-0.1, -0.05) is 30.3 Å². The molecule has 0 spiro atoms. The maximum atomic E-state index is 13.6. The molecule has 5 aromatic rings. The predicted octanol–water partition coefficient (Wildman–Crippen LogP) is 3.01. The summed E-state index contributed by atoms with van der Waals surface area (Å²) in [7, 11) is 1.59. The Hall–Kier alpha value is -4.66. The molecule has 0 fully saturated rings. The lowest BCUT2D eigenvalue weighted by molar-refractivity contribution is -0.122. The van der Waals surface area contributed by atoms with Crippen molar-refractivity contribution >= 4 is 16.8 Å². The van der Waals surface area contributed by atoms with Crippen LogP contribution in [0.4, 0.5) is 0 Å². The van der Waals surface area contributed by atoms with Gasteiger partial charge in [0.1, 0.15) is 23.2 Å². The fourth-order valence-corrected chi connectivity index (χ4v) is 4.01. The van der Waals surface area contributed by atoms with Crippen molar-refractivity contribution in [1.82, 2.24) is 29.4 Å². The van der Waals surface area contributed by atoms with E-state index in [-0.39, 0.29) is 18.0 Å². The van der Waals surface area contributed by atoms with Crippen LogP contribution in [0.2, 0.25) is 0 Å². The number of carbonyl (C=O) groups is 1. The molecule has 2 aromatic carbocycles. The number of amides is 1. The molecule has 176 valence electrons. The molecule has 0 aliphatic rings. The van der Waals surface area contributed by atoms with Crippen LogP contribution < -0.4 is 15.6 Å². The topological polar surface area (TPSA) is 96.0 Å². The van der Waals surface area contributed by atoms with E-state index >= 15 is 0 Å². The zero-order valence-electron chi connectivity index (χ0n) is 19.4. The molecule has 0 bridgehead atoms. The molecule has 5 rings (SSSR count). The SMILES string of the molecule is COc1cccc(CNC(=O)Cn2nc(C)c3nn(-c4ccccc4)c(-n4cccc4)c3c2=O)c1. The van der Waals surface area contributed by atoms with Crippen LogP contribution in [-0.2, 0) is 17.9 Å². The van der Waals surface area contributed by atoms with E-state index in [1.54, 1.807) is 18.7 Å². The van der Waals surface area contributed by atoms with Crippen LogP contribution in [0.5, 0.6) is 5.75 Å². The van der Waals surface area contributed by atoms with Crippen molar-refractivity contribution in [3.05, 3.63) is 101 Å². The average molecular weight is 469 g/mol. The highest BCUT2D eigenvalue weighted by Gasteiger charge is 2.22. The third-order valence-electron chi connectivity index (χ3n) is 5.69. The normalized spacial score (nSPS) is 11.0. The monoisotopic (exact) mass is 468 g/mol. The van der Waals surface area contributed by atoms with Crippen LogP contribution in [0.1, 0.15) is 11.3 Å². The summed E-state index contributed by atoms with van der Waals surface area (Å²) in [5.41, 5.74) is 2.38. The van der Waals surface area contributed by atoms with Gasteiger partial charge in [0.25, 0.3) is 5.56 Å². The van der Waals surface area contributed by atoms with Gasteiger partial charge in [-0.25, -0.2) is 9.36 Å². The Morgan fingerprint density at radius 2 is 1.77 bits per heavy atom. The number of nitrogens with one attached hydrogen (secondary N) is 1. The molecule has 0 aliphatic carbocycles. The van der Waals surface area contributed by atoms with Gasteiger partial charge in [0.15, 0.2) is 5.82 Å². The second-order valence-corrected chi connectivity index (χ2v) is 8.06. The van der Waals surface area contributed by atoms with Gasteiger partial charge in [0.05, 0.1) is 18.5 Å². The first-order valence-corrected chi connectivity index (χ1v) is 11.1. The fraction of sp³-hybridized carbons (Fsp3) is 0.154. The van der Waals surface area contributed by atoms with Gasteiger partial charge in [0, 0.05) is 18.9 Å². The molecule has 0 radical (unpaired) electrons. The van der Waals surface area contributed by atoms with Gasteiger partial charge in [-0.2, -0.15) is 10.2 Å². The Labute approximate surface area is 201 Å². The number of fused-ring (bicyclic) bond motifs is 1. The summed E-state index contributed by atoms with van der Waals surface area (Å²) >= 11 is 0. The Morgan fingerprint density at radius 3 is 2.51 bits per heavy atom. The number of para-hydroxylation sites is 1. The quantitative estimate of drug-likeness (QED) is 0.396. The minimum Gasteiger partial charge on any atom is -0.497 e. The van der Waals surface area contributed by atoms with Crippen LogP contribution in [0.3, 0.4) is 0 Å². The van der Waals surface area contributed by atoms with E-state index in [9.17, 15) is 9.59 Å². The van der Waals surface area contributed by atoms with Gasteiger partial charge in [-0.15, -0.1) is 0 Å². The molecule has 0 unspecified atom stereocenters. The van der Waals surface area contributed by atoms with Crippen LogP contribution >= 0.6 is 0 Å². The number of ether oxygens (including phenoxy) is 1. The Bertz CT molecular complexity index is 1550. The van der Waals surface area contributed by atoms with E-state index in [1.165, 1.54) is 4.68 Å². The number of hydrogen-bond donors (Lipinski definition) is 1. The molecule has 0 aliphatic heterocycles. The number of aryl methyl sites for hydroxylation is 1. The summed E-state index contributed by atoms with van der Waals surface area (Å²) in [6.45, 7) is 1.89. The van der Waals surface area contributed by atoms with Crippen molar-refractivity contribution in [2.24, 2.45) is 0 Å². The molecule has 9 nitrogen and oxygen atoms in total. The number of benzene rings is 2. The lowest BCUT2D eigenvalue weighted by Gasteiger charge is -2.10. The number of methoxy groups -OCH3 is 1. The summed E-state index contributed by atoms with van der Waals surface area (Å²) in [5.74, 6) is 0.986. The summed E-state index contributed by atoms with van der Waals surface area (Å²) < 4.78 is 10.00. The molecule has 1 N–H and O–H groups in total. The number of hydrogen-bond acceptors (Lipinski definition) is 5. The second kappa shape index (κ2) is 9.30. The van der Waals surface area contributed by atoms with Crippen molar-refractivity contribution in [2.75, 3.05) is 7.11 Å². The first kappa shape index (κ1) is 22.1. The zero-order valence-corrected chi connectivity index (χ0v) is 19.4. The largest absolute Gasteiger partial charge is 0.497 e. The number of aromatic nitrogens is 5. The maximum absolute atomic E-state index is 13.6. The molecule has 0 atom stereocenters. The standard InChI is InChI=1S/C26H24N6O3/c1-18-24-23(25(30-13-6-7-14-30)32(29-24)20-10-4-3-5-11-20)26(34)31(28-18)17-22(33)27-16-19-9-8-12-21(15-19)35-2/h3-15H,16-17H2,1-2H3,(H,27,33). The van der Waals surface area contributed by atoms with E-state index in [2.05, 4.69) is 10.4 Å². The van der Waals surface area contributed by atoms with Gasteiger partial charge < -0.3 is 14.6 Å². The highest BCUT2D eigenvalue weighted by molar-refractivity contribution is 5.88. The van der Waals surface area contributed by atoms with E-state index in [1.807, 2.05) is 83.7 Å². The molecule has 35 heavy (non-hydrogen) atoms. The highest BCUT2D eigenvalue weighted by Crippen LogP contribution is 2.24. The minimum atomic E-state index is -0.381. The van der Waals surface area contributed by atoms with E-state index < -0.39 is 0 Å². The molecule has 1 amide bonds. The van der Waals surface area contributed by atoms with E-state index in [4.69, 9.17) is 9.84 Å². The van der Waals surface area contributed by atoms with Gasteiger partial charge >= 0.3 is 0 Å². The molecule has 9 heteroatoms. The van der Waals surface area contributed by atoms with E-state index in [0.29, 0.717) is 34.7 Å². The summed E-state index contributed by atoms with van der Waals surface area (Å²) in [5, 5.41) is 12.4. The minimum absolute atomic E-state index is 0.207. The van der Waals surface area contributed by atoms with Crippen LogP contribution in [0.15, 0.2) is 83.9 Å². The maximum Gasteiger partial charge on any atom is 0.280 e. The van der Waals surface area contributed by atoms with Crippen molar-refractivity contribution < 1.29 is 9.53 Å². The van der Waals surface area contributed by atoms with Crippen molar-refractivity contribution in [3.63, 3.8) is 0 Å². The van der Waals surface area contributed by atoms with Crippen LogP contribution in [0, 0.1) is 6.92 Å². The third kappa shape index (κ3) is 4.31. The first-order valence-electron chi connectivity index (χ1n) is 11.1. The van der Waals surface area contributed by atoms with Crippen LogP contribution in [0.25, 0.3) is 22.4 Å². The Kier molecular flexibility index (Phi) is 5.88. The van der Waals surface area contributed by atoms with E-state index in [0.717, 1.165) is 11.3 Å². The van der Waals surface area contributed by atoms with Crippen LogP contribution in [-0.4, -0.2) is 37.1 Å². The Morgan fingerprint density at radius 1 is 1.00 bits per heavy atom. The van der Waals surface area contributed by atoms with Crippen molar-refractivity contribution in [1.29, 1.82) is 0 Å². The van der Waals surface area contributed by atoms with Crippen molar-refractivity contribution in [2.45, 2.75) is 20.0 Å². The first-order chi connectivity index (χ1) is 17.0. The van der Waals surface area contributed by atoms with Crippen molar-refractivity contribution in [3.8, 4) is 17.3 Å². The van der Waals surface area contributed by atoms with Gasteiger partial charge in [-0.05, 0) is 48.9 Å². The highest BCUT2D eigenvalue weighted by atomic mass is 16.5. The number of rotatable bonds is 7. The molecule has 0 saturated heterocycles. The second-order valence-electron chi connectivity index (χ2n) is 8.06. The molecular weight excluding hydrogens is 444 g/mol. The molecule has 3 heterocycles. The summed E-state index contributed by atoms with van der Waals surface area (Å²) in [4.78, 5) is 26.3. The smallest absolute Gasteiger partial charge is 0.280 e. The lowest BCUT2D eigenvalue weighted by Crippen LogP contribution is -2.34. The zero-order chi connectivity index (χ0) is 24.4. The fourth-order valence-electron chi connectivity index (χ4n) is 4.01. The number of nitrogens with zero attached hydrogens (tertiary/aromatic N) is 5. The van der Waals surface area contributed by atoms with Gasteiger partial charge in [0.2, 0.25) is 5.91 Å². The third-order valence-corrected chi connectivity index (χ3v) is 5.69. The average Bonchev–Trinajstić information content (AvgIpc) is 3.55.